The molecule has 1 amide bonds. The number of hydrazone groups is 1. The van der Waals surface area contributed by atoms with Crippen LogP contribution in [0, 0.1) is 0 Å². The van der Waals surface area contributed by atoms with Crippen molar-refractivity contribution in [3.8, 4) is 0 Å². The van der Waals surface area contributed by atoms with Crippen LogP contribution in [0.5, 0.6) is 0 Å². The Hall–Kier alpha value is -2.65. The minimum atomic E-state index is -3.80. The van der Waals surface area contributed by atoms with Crippen LogP contribution < -0.4 is 10.6 Å². The third-order valence-corrected chi connectivity index (χ3v) is 6.06. The molecule has 0 aliphatic heterocycles. The second-order valence-electron chi connectivity index (χ2n) is 5.86. The molecule has 3 N–H and O–H groups in total. The van der Waals surface area contributed by atoms with Gasteiger partial charge in [0, 0.05) is 25.9 Å². The number of halogens is 1. The Labute approximate surface area is 177 Å². The Morgan fingerprint density at radius 1 is 1.00 bits per heavy atom. The largest absolute Gasteiger partial charge is 0.271 e. The third kappa shape index (κ3) is 5.91. The number of nitrogens with two attached hydrogens (primary N) is 1. The summed E-state index contributed by atoms with van der Waals surface area (Å²) in [6.07, 6.45) is 1.55. The summed E-state index contributed by atoms with van der Waals surface area (Å²) in [5, 5.41) is 9.72. The molecule has 148 valence electrons. The standard InChI is InChI=1S/C20H16ClN3O3S2/c21-16-7-9-17(10-8-16)28-19-4-2-1-3-15(19)13-23-24-20(25)14-5-11-18(12-6-14)29(22,26)27/h1-13H,(H,24,25)(H2,22,26,27)/b23-13+. The minimum Gasteiger partial charge on any atom is -0.267 e. The van der Waals surface area contributed by atoms with Crippen LogP contribution in [0.3, 0.4) is 0 Å². The molecule has 0 bridgehead atoms. The van der Waals surface area contributed by atoms with Crippen molar-refractivity contribution in [3.05, 3.63) is 88.9 Å². The number of carbonyl (C=O) groups excluding carboxylic acids is 1. The van der Waals surface area contributed by atoms with Gasteiger partial charge in [0.25, 0.3) is 5.91 Å². The van der Waals surface area contributed by atoms with Crippen molar-refractivity contribution in [1.29, 1.82) is 0 Å². The number of hydrogen-bond acceptors (Lipinski definition) is 5. The van der Waals surface area contributed by atoms with Crippen LogP contribution in [-0.2, 0) is 10.0 Å². The molecule has 3 rings (SSSR count). The Morgan fingerprint density at radius 3 is 2.31 bits per heavy atom. The fourth-order valence-electron chi connectivity index (χ4n) is 2.33. The maximum Gasteiger partial charge on any atom is 0.271 e. The monoisotopic (exact) mass is 445 g/mol. The van der Waals surface area contributed by atoms with E-state index in [9.17, 15) is 13.2 Å². The molecule has 0 aliphatic carbocycles. The maximum atomic E-state index is 12.2. The van der Waals surface area contributed by atoms with Crippen LogP contribution in [0.1, 0.15) is 15.9 Å². The lowest BCUT2D eigenvalue weighted by Crippen LogP contribution is -2.18. The quantitative estimate of drug-likeness (QED) is 0.443. The summed E-state index contributed by atoms with van der Waals surface area (Å²) in [5.41, 5.74) is 3.52. The zero-order chi connectivity index (χ0) is 20.9. The van der Waals surface area contributed by atoms with E-state index in [4.69, 9.17) is 16.7 Å². The molecule has 29 heavy (non-hydrogen) atoms. The molecular formula is C20H16ClN3O3S2. The van der Waals surface area contributed by atoms with E-state index in [-0.39, 0.29) is 10.5 Å². The normalized spacial score (nSPS) is 11.5. The van der Waals surface area contributed by atoms with Crippen molar-refractivity contribution in [3.63, 3.8) is 0 Å². The van der Waals surface area contributed by atoms with Crippen LogP contribution in [0.4, 0.5) is 0 Å². The molecule has 3 aromatic rings. The fraction of sp³-hybridized carbons (Fsp3) is 0. The second-order valence-corrected chi connectivity index (χ2v) is 8.98. The number of rotatable bonds is 6. The van der Waals surface area contributed by atoms with Gasteiger partial charge in [-0.15, -0.1) is 0 Å². The van der Waals surface area contributed by atoms with Gasteiger partial charge in [0.15, 0.2) is 0 Å². The van der Waals surface area contributed by atoms with Gasteiger partial charge in [-0.25, -0.2) is 19.0 Å². The van der Waals surface area contributed by atoms with Gasteiger partial charge in [0.2, 0.25) is 10.0 Å². The van der Waals surface area contributed by atoms with E-state index in [0.717, 1.165) is 15.4 Å². The molecule has 0 atom stereocenters. The molecule has 0 aromatic heterocycles. The van der Waals surface area contributed by atoms with Crippen molar-refractivity contribution < 1.29 is 13.2 Å². The first-order chi connectivity index (χ1) is 13.8. The van der Waals surface area contributed by atoms with E-state index in [0.29, 0.717) is 5.02 Å². The van der Waals surface area contributed by atoms with E-state index in [1.165, 1.54) is 24.3 Å². The van der Waals surface area contributed by atoms with Gasteiger partial charge < -0.3 is 0 Å². The van der Waals surface area contributed by atoms with Crippen molar-refractivity contribution in [1.82, 2.24) is 5.43 Å². The number of amides is 1. The van der Waals surface area contributed by atoms with Gasteiger partial charge in [-0.1, -0.05) is 41.6 Å². The molecule has 0 aliphatic rings. The van der Waals surface area contributed by atoms with Crippen LogP contribution in [-0.4, -0.2) is 20.5 Å². The Morgan fingerprint density at radius 2 is 1.66 bits per heavy atom. The van der Waals surface area contributed by atoms with Gasteiger partial charge in [0.05, 0.1) is 11.1 Å². The fourth-order valence-corrected chi connectivity index (χ4v) is 3.88. The summed E-state index contributed by atoms with van der Waals surface area (Å²) in [7, 11) is -3.80. The van der Waals surface area contributed by atoms with Gasteiger partial charge >= 0.3 is 0 Å². The molecule has 0 unspecified atom stereocenters. The van der Waals surface area contributed by atoms with Gasteiger partial charge in [-0.2, -0.15) is 5.10 Å². The average Bonchev–Trinajstić information content (AvgIpc) is 2.70. The first kappa shape index (κ1) is 21.1. The number of hydrogen-bond donors (Lipinski definition) is 2. The molecule has 3 aromatic carbocycles. The van der Waals surface area contributed by atoms with Crippen molar-refractivity contribution in [2.45, 2.75) is 14.7 Å². The Balaban J connectivity index is 1.68. The lowest BCUT2D eigenvalue weighted by molar-refractivity contribution is 0.0955. The van der Waals surface area contributed by atoms with Crippen molar-refractivity contribution in [2.24, 2.45) is 10.2 Å². The van der Waals surface area contributed by atoms with E-state index >= 15 is 0 Å². The molecular weight excluding hydrogens is 430 g/mol. The number of carbonyl (C=O) groups is 1. The van der Waals surface area contributed by atoms with Crippen LogP contribution >= 0.6 is 23.4 Å². The van der Waals surface area contributed by atoms with Gasteiger partial charge in [0.1, 0.15) is 0 Å². The first-order valence-electron chi connectivity index (χ1n) is 8.32. The summed E-state index contributed by atoms with van der Waals surface area (Å²) < 4.78 is 22.5. The van der Waals surface area contributed by atoms with E-state index in [2.05, 4.69) is 10.5 Å². The third-order valence-electron chi connectivity index (χ3n) is 3.78. The van der Waals surface area contributed by atoms with Crippen LogP contribution in [0.2, 0.25) is 5.02 Å². The molecule has 0 radical (unpaired) electrons. The SMILES string of the molecule is NS(=O)(=O)c1ccc(C(=O)N/N=C/c2ccccc2Sc2ccc(Cl)cc2)cc1. The zero-order valence-corrected chi connectivity index (χ0v) is 17.3. The van der Waals surface area contributed by atoms with Crippen molar-refractivity contribution in [2.75, 3.05) is 0 Å². The minimum absolute atomic E-state index is 0.0642. The maximum absolute atomic E-state index is 12.2. The van der Waals surface area contributed by atoms with Gasteiger partial charge in [-0.05, 0) is 54.6 Å². The second kappa shape index (κ2) is 9.23. The highest BCUT2D eigenvalue weighted by Crippen LogP contribution is 2.30. The Bertz CT molecular complexity index is 1150. The number of primary sulfonamides is 1. The van der Waals surface area contributed by atoms with Crippen LogP contribution in [0.25, 0.3) is 0 Å². The smallest absolute Gasteiger partial charge is 0.267 e. The summed E-state index contributed by atoms with van der Waals surface area (Å²) >= 11 is 7.47. The lowest BCUT2D eigenvalue weighted by atomic mass is 10.2. The summed E-state index contributed by atoms with van der Waals surface area (Å²) in [6, 6.07) is 20.4. The molecule has 0 fully saturated rings. The molecule has 0 spiro atoms. The van der Waals surface area contributed by atoms with E-state index < -0.39 is 15.9 Å². The zero-order valence-electron chi connectivity index (χ0n) is 14.9. The highest BCUT2D eigenvalue weighted by Gasteiger charge is 2.10. The number of benzene rings is 3. The lowest BCUT2D eigenvalue weighted by Gasteiger charge is -2.06. The molecule has 0 saturated heterocycles. The highest BCUT2D eigenvalue weighted by molar-refractivity contribution is 7.99. The summed E-state index contributed by atoms with van der Waals surface area (Å²) in [4.78, 5) is 14.1. The predicted molar refractivity (Wildman–Crippen MR) is 115 cm³/mol. The molecule has 0 heterocycles. The molecule has 6 nitrogen and oxygen atoms in total. The van der Waals surface area contributed by atoms with Crippen molar-refractivity contribution >= 4 is 45.5 Å². The molecule has 0 saturated carbocycles. The topological polar surface area (TPSA) is 102 Å². The number of nitrogens with one attached hydrogen (secondary N) is 1. The Kier molecular flexibility index (Phi) is 6.71. The summed E-state index contributed by atoms with van der Waals surface area (Å²) in [6.45, 7) is 0. The number of nitrogens with zero attached hydrogens (tertiary/aromatic N) is 1. The van der Waals surface area contributed by atoms with Crippen LogP contribution in [0.15, 0.2) is 92.6 Å². The highest BCUT2D eigenvalue weighted by atomic mass is 35.5. The summed E-state index contributed by atoms with van der Waals surface area (Å²) in [5.74, 6) is -0.468. The average molecular weight is 446 g/mol. The van der Waals surface area contributed by atoms with E-state index in [1.54, 1.807) is 18.0 Å². The predicted octanol–water partition coefficient (Wildman–Crippen LogP) is 3.90. The first-order valence-corrected chi connectivity index (χ1v) is 11.1. The number of sulfonamides is 1. The molecule has 9 heteroatoms. The van der Waals surface area contributed by atoms with E-state index in [1.807, 2.05) is 48.5 Å². The van der Waals surface area contributed by atoms with Gasteiger partial charge in [-0.3, -0.25) is 4.79 Å².